The van der Waals surface area contributed by atoms with E-state index >= 15 is 0 Å². The number of nitrogens with zero attached hydrogens (tertiary/aromatic N) is 3. The van der Waals surface area contributed by atoms with Gasteiger partial charge in [0.25, 0.3) is 0 Å². The van der Waals surface area contributed by atoms with Gasteiger partial charge in [-0.3, -0.25) is 4.98 Å². The van der Waals surface area contributed by atoms with E-state index in [2.05, 4.69) is 126 Å². The third kappa shape index (κ3) is 4.74. The fourth-order valence-electron chi connectivity index (χ4n) is 5.44. The Balaban J connectivity index is 1.40. The standard InChI is InChI=1S/C37H27N3/c1-2-10-26(11-3-1)28-14-6-16-30(22-28)35-24-36(31-17-7-15-29(23-31)32-18-9-21-38-25-32)40-37(39-35)34-20-8-13-27-12-4-5-19-33(27)34/h1-5,7-13,15-25H,6,14H2. The number of aromatic nitrogens is 3. The highest BCUT2D eigenvalue weighted by Gasteiger charge is 2.16. The SMILES string of the molecule is C1=C(c2ccccc2)CCC=C1c1cc(-c2cccc(-c3cccnc3)c2)nc(-c2cccc3ccccc23)n1. The first-order chi connectivity index (χ1) is 19.8. The highest BCUT2D eigenvalue weighted by Crippen LogP contribution is 2.35. The van der Waals surface area contributed by atoms with E-state index in [0.29, 0.717) is 0 Å². The molecule has 0 radical (unpaired) electrons. The number of allylic oxidation sites excluding steroid dienone is 4. The first-order valence-electron chi connectivity index (χ1n) is 13.7. The lowest BCUT2D eigenvalue weighted by Gasteiger charge is -2.16. The van der Waals surface area contributed by atoms with Crippen LogP contribution in [0.25, 0.3) is 55.7 Å². The monoisotopic (exact) mass is 513 g/mol. The molecule has 0 fully saturated rings. The molecule has 6 aromatic rings. The zero-order chi connectivity index (χ0) is 26.7. The highest BCUT2D eigenvalue weighted by molar-refractivity contribution is 5.96. The van der Waals surface area contributed by atoms with E-state index < -0.39 is 0 Å². The summed E-state index contributed by atoms with van der Waals surface area (Å²) in [6, 6.07) is 40.1. The molecule has 3 heteroatoms. The van der Waals surface area contributed by atoms with Gasteiger partial charge in [-0.05, 0) is 70.2 Å². The molecule has 40 heavy (non-hydrogen) atoms. The predicted octanol–water partition coefficient (Wildman–Crippen LogP) is 9.29. The summed E-state index contributed by atoms with van der Waals surface area (Å²) in [5.74, 6) is 0.734. The van der Waals surface area contributed by atoms with E-state index in [9.17, 15) is 0 Å². The van der Waals surface area contributed by atoms with Crippen LogP contribution in [-0.4, -0.2) is 15.0 Å². The maximum atomic E-state index is 5.18. The maximum Gasteiger partial charge on any atom is 0.161 e. The number of fused-ring (bicyclic) bond motifs is 1. The molecule has 1 aliphatic carbocycles. The predicted molar refractivity (Wildman–Crippen MR) is 165 cm³/mol. The normalized spacial score (nSPS) is 13.1. The summed E-state index contributed by atoms with van der Waals surface area (Å²) in [5, 5.41) is 2.33. The van der Waals surface area contributed by atoms with Crippen LogP contribution in [0.3, 0.4) is 0 Å². The Hall–Kier alpha value is -5.15. The molecule has 0 N–H and O–H groups in total. The van der Waals surface area contributed by atoms with Crippen LogP contribution in [0.15, 0.2) is 140 Å². The number of hydrogen-bond acceptors (Lipinski definition) is 3. The molecule has 2 aromatic heterocycles. The van der Waals surface area contributed by atoms with Crippen molar-refractivity contribution in [1.29, 1.82) is 0 Å². The maximum absolute atomic E-state index is 5.18. The quantitative estimate of drug-likeness (QED) is 0.231. The van der Waals surface area contributed by atoms with Gasteiger partial charge in [-0.2, -0.15) is 0 Å². The highest BCUT2D eigenvalue weighted by atomic mass is 14.9. The van der Waals surface area contributed by atoms with Crippen LogP contribution in [-0.2, 0) is 0 Å². The van der Waals surface area contributed by atoms with E-state index in [4.69, 9.17) is 9.97 Å². The van der Waals surface area contributed by atoms with Gasteiger partial charge in [0.2, 0.25) is 0 Å². The first kappa shape index (κ1) is 23.9. The molecule has 4 aromatic carbocycles. The minimum atomic E-state index is 0.734. The molecule has 190 valence electrons. The lowest BCUT2D eigenvalue weighted by Crippen LogP contribution is -2.00. The van der Waals surface area contributed by atoms with Crippen molar-refractivity contribution in [3.8, 4) is 33.8 Å². The van der Waals surface area contributed by atoms with E-state index in [0.717, 1.165) is 63.3 Å². The van der Waals surface area contributed by atoms with Gasteiger partial charge in [-0.15, -0.1) is 0 Å². The largest absolute Gasteiger partial charge is 0.264 e. The zero-order valence-electron chi connectivity index (χ0n) is 22.0. The van der Waals surface area contributed by atoms with Crippen LogP contribution in [0, 0.1) is 0 Å². The van der Waals surface area contributed by atoms with E-state index in [1.165, 1.54) is 16.5 Å². The Morgan fingerprint density at radius 2 is 1.32 bits per heavy atom. The van der Waals surface area contributed by atoms with Crippen LogP contribution in [0.1, 0.15) is 24.1 Å². The van der Waals surface area contributed by atoms with Gasteiger partial charge in [-0.1, -0.05) is 103 Å². The third-order valence-electron chi connectivity index (χ3n) is 7.46. The molecular weight excluding hydrogens is 486 g/mol. The Morgan fingerprint density at radius 3 is 2.23 bits per heavy atom. The molecule has 7 rings (SSSR count). The van der Waals surface area contributed by atoms with Crippen LogP contribution >= 0.6 is 0 Å². The van der Waals surface area contributed by atoms with Crippen molar-refractivity contribution >= 4 is 21.9 Å². The Bertz CT molecular complexity index is 1880. The lowest BCUT2D eigenvalue weighted by molar-refractivity contribution is 1.05. The van der Waals surface area contributed by atoms with Crippen LogP contribution in [0.2, 0.25) is 0 Å². The van der Waals surface area contributed by atoms with Gasteiger partial charge < -0.3 is 0 Å². The van der Waals surface area contributed by atoms with Crippen LogP contribution < -0.4 is 0 Å². The second-order valence-corrected chi connectivity index (χ2v) is 10.0. The number of benzene rings is 4. The molecule has 3 nitrogen and oxygen atoms in total. The van der Waals surface area contributed by atoms with Crippen LogP contribution in [0.4, 0.5) is 0 Å². The van der Waals surface area contributed by atoms with Crippen LogP contribution in [0.5, 0.6) is 0 Å². The molecule has 0 bridgehead atoms. The minimum absolute atomic E-state index is 0.734. The van der Waals surface area contributed by atoms with Crippen molar-refractivity contribution in [2.24, 2.45) is 0 Å². The molecule has 0 aliphatic heterocycles. The molecular formula is C37H27N3. The van der Waals surface area contributed by atoms with Crippen molar-refractivity contribution in [1.82, 2.24) is 15.0 Å². The van der Waals surface area contributed by atoms with Gasteiger partial charge in [0.15, 0.2) is 5.82 Å². The number of hydrogen-bond donors (Lipinski definition) is 0. The fourth-order valence-corrected chi connectivity index (χ4v) is 5.44. The summed E-state index contributed by atoms with van der Waals surface area (Å²) in [5.41, 5.74) is 9.86. The second kappa shape index (κ2) is 10.5. The van der Waals surface area contributed by atoms with E-state index in [1.807, 2.05) is 12.3 Å². The third-order valence-corrected chi connectivity index (χ3v) is 7.46. The van der Waals surface area contributed by atoms with E-state index in [-0.39, 0.29) is 0 Å². The van der Waals surface area contributed by atoms with Crippen molar-refractivity contribution in [2.75, 3.05) is 0 Å². The molecule has 0 saturated carbocycles. The minimum Gasteiger partial charge on any atom is -0.264 e. The molecule has 0 saturated heterocycles. The molecule has 0 atom stereocenters. The average Bonchev–Trinajstić information content (AvgIpc) is 3.05. The molecule has 0 unspecified atom stereocenters. The first-order valence-corrected chi connectivity index (χ1v) is 13.7. The summed E-state index contributed by atoms with van der Waals surface area (Å²) in [6.45, 7) is 0. The Kier molecular flexibility index (Phi) is 6.31. The number of pyridine rings is 1. The Morgan fingerprint density at radius 1 is 0.575 bits per heavy atom. The summed E-state index contributed by atoms with van der Waals surface area (Å²) < 4.78 is 0. The van der Waals surface area contributed by atoms with Crippen molar-refractivity contribution in [3.05, 3.63) is 151 Å². The van der Waals surface area contributed by atoms with Crippen molar-refractivity contribution < 1.29 is 0 Å². The van der Waals surface area contributed by atoms with Crippen molar-refractivity contribution in [2.45, 2.75) is 12.8 Å². The summed E-state index contributed by atoms with van der Waals surface area (Å²) in [6.07, 6.45) is 10.3. The lowest BCUT2D eigenvalue weighted by atomic mass is 9.92. The van der Waals surface area contributed by atoms with Gasteiger partial charge in [0.1, 0.15) is 0 Å². The zero-order valence-corrected chi connectivity index (χ0v) is 22.0. The van der Waals surface area contributed by atoms with Gasteiger partial charge in [0.05, 0.1) is 11.4 Å². The van der Waals surface area contributed by atoms with Gasteiger partial charge in [0, 0.05) is 29.1 Å². The molecule has 0 spiro atoms. The number of rotatable bonds is 5. The van der Waals surface area contributed by atoms with Gasteiger partial charge in [-0.25, -0.2) is 9.97 Å². The molecule has 2 heterocycles. The van der Waals surface area contributed by atoms with E-state index in [1.54, 1.807) is 6.20 Å². The summed E-state index contributed by atoms with van der Waals surface area (Å²) in [4.78, 5) is 14.6. The Labute approximate surface area is 234 Å². The summed E-state index contributed by atoms with van der Waals surface area (Å²) in [7, 11) is 0. The topological polar surface area (TPSA) is 38.7 Å². The second-order valence-electron chi connectivity index (χ2n) is 10.0. The average molecular weight is 514 g/mol. The summed E-state index contributed by atoms with van der Waals surface area (Å²) >= 11 is 0. The van der Waals surface area contributed by atoms with Crippen molar-refractivity contribution in [3.63, 3.8) is 0 Å². The molecule has 1 aliphatic rings. The fraction of sp³-hybridized carbons (Fsp3) is 0.0541. The van der Waals surface area contributed by atoms with Gasteiger partial charge >= 0.3 is 0 Å². The smallest absolute Gasteiger partial charge is 0.161 e. The molecule has 0 amide bonds.